The van der Waals surface area contributed by atoms with Crippen LogP contribution in [0.4, 0.5) is 5.69 Å². The Balaban J connectivity index is 2.54. The van der Waals surface area contributed by atoms with E-state index < -0.39 is 4.92 Å². The molecule has 2 aromatic rings. The number of nitrogens with zero attached hydrogens (tertiary/aromatic N) is 2. The number of rotatable bonds is 4. The highest BCUT2D eigenvalue weighted by Gasteiger charge is 2.17. The second-order valence-electron chi connectivity index (χ2n) is 4.21. The molecular formula is C14H13ClN2O2. The summed E-state index contributed by atoms with van der Waals surface area (Å²) >= 11 is 5.84. The molecule has 0 saturated carbocycles. The van der Waals surface area contributed by atoms with Crippen molar-refractivity contribution in [3.8, 4) is 11.3 Å². The monoisotopic (exact) mass is 276 g/mol. The van der Waals surface area contributed by atoms with Gasteiger partial charge in [-0.3, -0.25) is 10.1 Å². The number of hydrogen-bond donors (Lipinski definition) is 0. The molecule has 0 unspecified atom stereocenters. The first-order valence-corrected chi connectivity index (χ1v) is 6.40. The molecular weight excluding hydrogens is 264 g/mol. The van der Waals surface area contributed by atoms with E-state index in [0.29, 0.717) is 5.69 Å². The van der Waals surface area contributed by atoms with E-state index in [1.54, 1.807) is 0 Å². The highest BCUT2D eigenvalue weighted by atomic mass is 35.5. The highest BCUT2D eigenvalue weighted by Crippen LogP contribution is 2.29. The van der Waals surface area contributed by atoms with Crippen LogP contribution in [0, 0.1) is 10.1 Å². The van der Waals surface area contributed by atoms with Crippen LogP contribution in [-0.2, 0) is 6.42 Å². The lowest BCUT2D eigenvalue weighted by Crippen LogP contribution is -1.95. The largest absolute Gasteiger partial charge is 0.295 e. The van der Waals surface area contributed by atoms with E-state index in [1.807, 2.05) is 24.3 Å². The Morgan fingerprint density at radius 3 is 2.79 bits per heavy atom. The van der Waals surface area contributed by atoms with Gasteiger partial charge in [0.1, 0.15) is 10.8 Å². The summed E-state index contributed by atoms with van der Waals surface area (Å²) in [5, 5.41) is 11.3. The highest BCUT2D eigenvalue weighted by molar-refractivity contribution is 6.29. The Morgan fingerprint density at radius 2 is 2.11 bits per heavy atom. The summed E-state index contributed by atoms with van der Waals surface area (Å²) in [6, 6.07) is 10.4. The molecule has 1 heterocycles. The minimum Gasteiger partial charge on any atom is -0.258 e. The van der Waals surface area contributed by atoms with Crippen molar-refractivity contribution in [2.75, 3.05) is 0 Å². The van der Waals surface area contributed by atoms with Crippen molar-refractivity contribution in [1.82, 2.24) is 4.98 Å². The SMILES string of the molecule is CCCc1cccc(-c2nc(Cl)ccc2[N+](=O)[O-])c1. The number of hydrogen-bond acceptors (Lipinski definition) is 3. The van der Waals surface area contributed by atoms with Gasteiger partial charge in [-0.2, -0.15) is 0 Å². The summed E-state index contributed by atoms with van der Waals surface area (Å²) < 4.78 is 0. The number of pyridine rings is 1. The standard InChI is InChI=1S/C14H13ClN2O2/c1-2-4-10-5-3-6-11(9-10)14-12(17(18)19)7-8-13(15)16-14/h3,5-9H,2,4H2,1H3. The summed E-state index contributed by atoms with van der Waals surface area (Å²) in [6.45, 7) is 2.09. The van der Waals surface area contributed by atoms with Crippen LogP contribution in [0.3, 0.4) is 0 Å². The van der Waals surface area contributed by atoms with E-state index in [2.05, 4.69) is 11.9 Å². The lowest BCUT2D eigenvalue weighted by Gasteiger charge is -2.05. The molecule has 0 bridgehead atoms. The van der Waals surface area contributed by atoms with Crippen molar-refractivity contribution < 1.29 is 4.92 Å². The van der Waals surface area contributed by atoms with Crippen LogP contribution in [0.15, 0.2) is 36.4 Å². The molecule has 0 N–H and O–H groups in total. The van der Waals surface area contributed by atoms with Crippen LogP contribution < -0.4 is 0 Å². The Kier molecular flexibility index (Phi) is 4.12. The van der Waals surface area contributed by atoms with Crippen LogP contribution in [0.25, 0.3) is 11.3 Å². The fraction of sp³-hybridized carbons (Fsp3) is 0.214. The van der Waals surface area contributed by atoms with E-state index in [4.69, 9.17) is 11.6 Å². The molecule has 1 aromatic carbocycles. The van der Waals surface area contributed by atoms with Crippen molar-refractivity contribution in [2.45, 2.75) is 19.8 Å². The zero-order valence-corrected chi connectivity index (χ0v) is 11.2. The molecule has 0 aliphatic rings. The zero-order chi connectivity index (χ0) is 13.8. The van der Waals surface area contributed by atoms with Gasteiger partial charge in [0.15, 0.2) is 0 Å². The van der Waals surface area contributed by atoms with Crippen LogP contribution in [-0.4, -0.2) is 9.91 Å². The fourth-order valence-corrected chi connectivity index (χ4v) is 2.10. The van der Waals surface area contributed by atoms with Gasteiger partial charge in [0, 0.05) is 11.6 Å². The number of aryl methyl sites for hydroxylation is 1. The zero-order valence-electron chi connectivity index (χ0n) is 10.5. The van der Waals surface area contributed by atoms with Gasteiger partial charge in [-0.1, -0.05) is 43.1 Å². The van der Waals surface area contributed by atoms with Gasteiger partial charge in [0.2, 0.25) is 0 Å². The van der Waals surface area contributed by atoms with Crippen molar-refractivity contribution in [3.05, 3.63) is 57.2 Å². The predicted octanol–water partition coefficient (Wildman–Crippen LogP) is 4.26. The number of benzene rings is 1. The third-order valence-electron chi connectivity index (χ3n) is 2.78. The first-order valence-electron chi connectivity index (χ1n) is 6.02. The Bertz CT molecular complexity index is 614. The average molecular weight is 277 g/mol. The Morgan fingerprint density at radius 1 is 1.32 bits per heavy atom. The molecule has 2 rings (SSSR count). The topological polar surface area (TPSA) is 56.0 Å². The van der Waals surface area contributed by atoms with Crippen molar-refractivity contribution in [1.29, 1.82) is 0 Å². The summed E-state index contributed by atoms with van der Waals surface area (Å²) in [4.78, 5) is 14.7. The molecule has 0 aliphatic carbocycles. The molecule has 0 fully saturated rings. The van der Waals surface area contributed by atoms with Gasteiger partial charge < -0.3 is 0 Å². The maximum Gasteiger partial charge on any atom is 0.295 e. The average Bonchev–Trinajstić information content (AvgIpc) is 2.39. The molecule has 19 heavy (non-hydrogen) atoms. The molecule has 0 aliphatic heterocycles. The molecule has 5 heteroatoms. The second kappa shape index (κ2) is 5.80. The quantitative estimate of drug-likeness (QED) is 0.476. The van der Waals surface area contributed by atoms with Gasteiger partial charge in [-0.05, 0) is 24.1 Å². The molecule has 4 nitrogen and oxygen atoms in total. The van der Waals surface area contributed by atoms with Crippen molar-refractivity contribution in [2.24, 2.45) is 0 Å². The van der Waals surface area contributed by atoms with Crippen LogP contribution in [0.1, 0.15) is 18.9 Å². The molecule has 1 aromatic heterocycles. The van der Waals surface area contributed by atoms with E-state index >= 15 is 0 Å². The molecule has 0 radical (unpaired) electrons. The Labute approximate surface area is 116 Å². The van der Waals surface area contributed by atoms with Crippen LogP contribution in [0.5, 0.6) is 0 Å². The third-order valence-corrected chi connectivity index (χ3v) is 2.99. The number of aromatic nitrogens is 1. The number of nitro groups is 1. The number of halogens is 1. The predicted molar refractivity (Wildman–Crippen MR) is 75.3 cm³/mol. The smallest absolute Gasteiger partial charge is 0.258 e. The first kappa shape index (κ1) is 13.5. The van der Waals surface area contributed by atoms with Crippen LogP contribution in [0.2, 0.25) is 5.15 Å². The van der Waals surface area contributed by atoms with Gasteiger partial charge in [0.05, 0.1) is 4.92 Å². The van der Waals surface area contributed by atoms with Gasteiger partial charge in [-0.15, -0.1) is 0 Å². The van der Waals surface area contributed by atoms with E-state index in [9.17, 15) is 10.1 Å². The van der Waals surface area contributed by atoms with E-state index in [-0.39, 0.29) is 10.8 Å². The molecule has 0 atom stereocenters. The minimum atomic E-state index is -0.439. The van der Waals surface area contributed by atoms with Crippen molar-refractivity contribution in [3.63, 3.8) is 0 Å². The van der Waals surface area contributed by atoms with Gasteiger partial charge >= 0.3 is 0 Å². The maximum absolute atomic E-state index is 11.0. The van der Waals surface area contributed by atoms with E-state index in [0.717, 1.165) is 24.0 Å². The summed E-state index contributed by atoms with van der Waals surface area (Å²) in [6.07, 6.45) is 1.96. The minimum absolute atomic E-state index is 0.0296. The molecule has 0 amide bonds. The Hall–Kier alpha value is -1.94. The first-order chi connectivity index (χ1) is 9.11. The van der Waals surface area contributed by atoms with E-state index in [1.165, 1.54) is 12.1 Å². The fourth-order valence-electron chi connectivity index (χ4n) is 1.95. The lowest BCUT2D eigenvalue weighted by atomic mass is 10.0. The van der Waals surface area contributed by atoms with Gasteiger partial charge in [-0.25, -0.2) is 4.98 Å². The van der Waals surface area contributed by atoms with Crippen LogP contribution >= 0.6 is 11.6 Å². The molecule has 98 valence electrons. The molecule has 0 saturated heterocycles. The third kappa shape index (κ3) is 3.09. The maximum atomic E-state index is 11.0. The van der Waals surface area contributed by atoms with Crippen molar-refractivity contribution >= 4 is 17.3 Å². The van der Waals surface area contributed by atoms with Gasteiger partial charge in [0.25, 0.3) is 5.69 Å². The normalized spacial score (nSPS) is 10.4. The summed E-state index contributed by atoms with van der Waals surface area (Å²) in [5.74, 6) is 0. The summed E-state index contributed by atoms with van der Waals surface area (Å²) in [7, 11) is 0. The summed E-state index contributed by atoms with van der Waals surface area (Å²) in [5.41, 5.74) is 2.14. The lowest BCUT2D eigenvalue weighted by molar-refractivity contribution is -0.384. The second-order valence-corrected chi connectivity index (χ2v) is 4.60. The molecule has 0 spiro atoms.